The van der Waals surface area contributed by atoms with Gasteiger partial charge in [0.05, 0.1) is 6.61 Å². The molecule has 4 heteroatoms. The molecule has 0 heterocycles. The van der Waals surface area contributed by atoms with E-state index >= 15 is 0 Å². The number of hydrogen-bond acceptors (Lipinski definition) is 3. The van der Waals surface area contributed by atoms with E-state index in [4.69, 9.17) is 10.8 Å². The second kappa shape index (κ2) is 7.84. The third kappa shape index (κ3) is 5.29. The largest absolute Gasteiger partial charge is 0.392 e. The molecule has 0 radical (unpaired) electrons. The van der Waals surface area contributed by atoms with Gasteiger partial charge in [0, 0.05) is 13.0 Å². The molecular formula is C14H22N2O2. The first kappa shape index (κ1) is 14.7. The van der Waals surface area contributed by atoms with Crippen LogP contribution in [0.25, 0.3) is 0 Å². The Labute approximate surface area is 108 Å². The minimum absolute atomic E-state index is 0.0453. The molecule has 0 aliphatic carbocycles. The molecule has 18 heavy (non-hydrogen) atoms. The summed E-state index contributed by atoms with van der Waals surface area (Å²) in [5.74, 6) is 0.445. The Hall–Kier alpha value is -1.39. The van der Waals surface area contributed by atoms with Crippen LogP contribution in [0, 0.1) is 5.92 Å². The quantitative estimate of drug-likeness (QED) is 0.680. The number of carbonyl (C=O) groups is 1. The average molecular weight is 250 g/mol. The molecule has 0 aromatic heterocycles. The highest BCUT2D eigenvalue weighted by molar-refractivity contribution is 5.75. The van der Waals surface area contributed by atoms with E-state index in [2.05, 4.69) is 5.32 Å². The van der Waals surface area contributed by atoms with E-state index in [1.54, 1.807) is 0 Å². The van der Waals surface area contributed by atoms with Gasteiger partial charge in [-0.15, -0.1) is 0 Å². The van der Waals surface area contributed by atoms with Crippen molar-refractivity contribution in [3.05, 3.63) is 35.4 Å². The normalized spacial score (nSPS) is 12.2. The molecule has 0 aliphatic rings. The number of aliphatic hydroxyl groups is 1. The van der Waals surface area contributed by atoms with Crippen LogP contribution in [0.1, 0.15) is 30.9 Å². The molecule has 1 rings (SSSR count). The molecule has 0 fully saturated rings. The van der Waals surface area contributed by atoms with Gasteiger partial charge in [-0.1, -0.05) is 31.2 Å². The minimum Gasteiger partial charge on any atom is -0.392 e. The van der Waals surface area contributed by atoms with Gasteiger partial charge in [-0.25, -0.2) is 0 Å². The van der Waals surface area contributed by atoms with Gasteiger partial charge in [0.2, 0.25) is 5.91 Å². The third-order valence-electron chi connectivity index (χ3n) is 2.96. The van der Waals surface area contributed by atoms with Crippen molar-refractivity contribution in [1.29, 1.82) is 0 Å². The number of carbonyl (C=O) groups excluding carboxylic acids is 1. The lowest BCUT2D eigenvalue weighted by Gasteiger charge is -2.09. The Bertz CT molecular complexity index is 363. The van der Waals surface area contributed by atoms with Gasteiger partial charge < -0.3 is 16.2 Å². The van der Waals surface area contributed by atoms with Crippen molar-refractivity contribution in [2.24, 2.45) is 11.7 Å². The van der Waals surface area contributed by atoms with Crippen LogP contribution in [0.5, 0.6) is 0 Å². The van der Waals surface area contributed by atoms with Gasteiger partial charge in [0.25, 0.3) is 0 Å². The van der Waals surface area contributed by atoms with Crippen molar-refractivity contribution in [2.75, 3.05) is 6.54 Å². The number of amides is 1. The van der Waals surface area contributed by atoms with Crippen LogP contribution < -0.4 is 11.1 Å². The van der Waals surface area contributed by atoms with Gasteiger partial charge in [0.15, 0.2) is 0 Å². The second-order valence-electron chi connectivity index (χ2n) is 4.63. The zero-order valence-electron chi connectivity index (χ0n) is 10.9. The molecule has 4 N–H and O–H groups in total. The van der Waals surface area contributed by atoms with Crippen molar-refractivity contribution in [3.8, 4) is 0 Å². The van der Waals surface area contributed by atoms with Crippen LogP contribution in [0.4, 0.5) is 0 Å². The number of benzene rings is 1. The molecule has 0 aliphatic heterocycles. The first-order chi connectivity index (χ1) is 8.65. The van der Waals surface area contributed by atoms with Gasteiger partial charge in [0.1, 0.15) is 0 Å². The Kier molecular flexibility index (Phi) is 6.39. The molecule has 1 atom stereocenters. The lowest BCUT2D eigenvalue weighted by atomic mass is 10.1. The summed E-state index contributed by atoms with van der Waals surface area (Å²) in [6.07, 6.45) is 1.35. The highest BCUT2D eigenvalue weighted by Gasteiger charge is 2.05. The molecule has 1 aromatic rings. The molecule has 1 amide bonds. The molecular weight excluding hydrogens is 228 g/mol. The molecule has 1 aromatic carbocycles. The summed E-state index contributed by atoms with van der Waals surface area (Å²) < 4.78 is 0. The highest BCUT2D eigenvalue weighted by Crippen LogP contribution is 2.05. The molecule has 0 saturated carbocycles. The maximum absolute atomic E-state index is 11.6. The summed E-state index contributed by atoms with van der Waals surface area (Å²) in [5, 5.41) is 11.8. The standard InChI is InChI=1S/C14H22N2O2/c1-11(8-15)2-7-14(18)16-9-12-3-5-13(10-17)6-4-12/h3-6,11,17H,2,7-10,15H2,1H3,(H,16,18). The fraction of sp³-hybridized carbons (Fsp3) is 0.500. The van der Waals surface area contributed by atoms with E-state index in [1.807, 2.05) is 31.2 Å². The summed E-state index contributed by atoms with van der Waals surface area (Å²) in [5.41, 5.74) is 7.41. The molecule has 4 nitrogen and oxygen atoms in total. The smallest absolute Gasteiger partial charge is 0.220 e. The van der Waals surface area contributed by atoms with Crippen molar-refractivity contribution in [3.63, 3.8) is 0 Å². The van der Waals surface area contributed by atoms with Gasteiger partial charge in [-0.3, -0.25) is 4.79 Å². The van der Waals surface area contributed by atoms with E-state index in [9.17, 15) is 4.79 Å². The van der Waals surface area contributed by atoms with Crippen LogP contribution in [0.15, 0.2) is 24.3 Å². The van der Waals surface area contributed by atoms with E-state index in [1.165, 1.54) is 0 Å². The zero-order chi connectivity index (χ0) is 13.4. The Morgan fingerprint density at radius 1 is 1.33 bits per heavy atom. The molecule has 1 unspecified atom stereocenters. The SMILES string of the molecule is CC(CN)CCC(=O)NCc1ccc(CO)cc1. The van der Waals surface area contributed by atoms with Crippen molar-refractivity contribution < 1.29 is 9.90 Å². The molecule has 0 spiro atoms. The minimum atomic E-state index is 0.0453. The molecule has 0 bridgehead atoms. The van der Waals surface area contributed by atoms with Gasteiger partial charge in [-0.05, 0) is 30.0 Å². The maximum atomic E-state index is 11.6. The van der Waals surface area contributed by atoms with Crippen molar-refractivity contribution in [1.82, 2.24) is 5.32 Å². The van der Waals surface area contributed by atoms with Crippen molar-refractivity contribution in [2.45, 2.75) is 32.9 Å². The fourth-order valence-corrected chi connectivity index (χ4v) is 1.55. The van der Waals surface area contributed by atoms with E-state index in [0.717, 1.165) is 17.5 Å². The number of aliphatic hydroxyl groups excluding tert-OH is 1. The molecule has 100 valence electrons. The van der Waals surface area contributed by atoms with E-state index in [0.29, 0.717) is 25.4 Å². The lowest BCUT2D eigenvalue weighted by Crippen LogP contribution is -2.23. The van der Waals surface area contributed by atoms with Gasteiger partial charge >= 0.3 is 0 Å². The van der Waals surface area contributed by atoms with Crippen LogP contribution in [-0.2, 0) is 17.9 Å². The Morgan fingerprint density at radius 3 is 2.50 bits per heavy atom. The zero-order valence-corrected chi connectivity index (χ0v) is 10.9. The number of hydrogen-bond donors (Lipinski definition) is 3. The summed E-state index contributed by atoms with van der Waals surface area (Å²) in [4.78, 5) is 11.6. The third-order valence-corrected chi connectivity index (χ3v) is 2.96. The van der Waals surface area contributed by atoms with Gasteiger partial charge in [-0.2, -0.15) is 0 Å². The van der Waals surface area contributed by atoms with E-state index < -0.39 is 0 Å². The number of rotatable bonds is 7. The number of nitrogens with one attached hydrogen (secondary N) is 1. The molecule has 0 saturated heterocycles. The summed E-state index contributed by atoms with van der Waals surface area (Å²) in [7, 11) is 0. The first-order valence-corrected chi connectivity index (χ1v) is 6.31. The monoisotopic (exact) mass is 250 g/mol. The topological polar surface area (TPSA) is 75.4 Å². The van der Waals surface area contributed by atoms with Crippen LogP contribution in [0.2, 0.25) is 0 Å². The Balaban J connectivity index is 2.29. The first-order valence-electron chi connectivity index (χ1n) is 6.31. The van der Waals surface area contributed by atoms with Crippen LogP contribution >= 0.6 is 0 Å². The summed E-state index contributed by atoms with van der Waals surface area (Å²) in [6, 6.07) is 7.54. The average Bonchev–Trinajstić information content (AvgIpc) is 2.42. The maximum Gasteiger partial charge on any atom is 0.220 e. The van der Waals surface area contributed by atoms with E-state index in [-0.39, 0.29) is 12.5 Å². The second-order valence-corrected chi connectivity index (χ2v) is 4.63. The predicted octanol–water partition coefficient (Wildman–Crippen LogP) is 1.17. The van der Waals surface area contributed by atoms with Crippen LogP contribution in [-0.4, -0.2) is 17.6 Å². The predicted molar refractivity (Wildman–Crippen MR) is 71.7 cm³/mol. The number of nitrogens with two attached hydrogens (primary N) is 1. The summed E-state index contributed by atoms with van der Waals surface area (Å²) in [6.45, 7) is 3.24. The lowest BCUT2D eigenvalue weighted by molar-refractivity contribution is -0.121. The van der Waals surface area contributed by atoms with Crippen LogP contribution in [0.3, 0.4) is 0 Å². The van der Waals surface area contributed by atoms with Crippen molar-refractivity contribution >= 4 is 5.91 Å². The Morgan fingerprint density at radius 2 is 1.94 bits per heavy atom. The highest BCUT2D eigenvalue weighted by atomic mass is 16.3. The summed E-state index contributed by atoms with van der Waals surface area (Å²) >= 11 is 0. The fourth-order valence-electron chi connectivity index (χ4n) is 1.55.